The summed E-state index contributed by atoms with van der Waals surface area (Å²) in [7, 11) is 0. The van der Waals surface area contributed by atoms with E-state index in [1.54, 1.807) is 12.4 Å². The number of carbonyl (C=O) groups excluding carboxylic acids is 1. The molecule has 3 heterocycles. The van der Waals surface area contributed by atoms with Gasteiger partial charge in [0.15, 0.2) is 0 Å². The third-order valence-corrected chi connectivity index (χ3v) is 5.95. The van der Waals surface area contributed by atoms with E-state index in [0.717, 1.165) is 51.3 Å². The van der Waals surface area contributed by atoms with Crippen LogP contribution < -0.4 is 0 Å². The van der Waals surface area contributed by atoms with Crippen LogP contribution in [0.25, 0.3) is 0 Å². The topological polar surface area (TPSA) is 49.3 Å². The van der Waals surface area contributed by atoms with Crippen molar-refractivity contribution in [3.8, 4) is 0 Å². The van der Waals surface area contributed by atoms with Crippen LogP contribution in [0.15, 0.2) is 18.5 Å². The van der Waals surface area contributed by atoms with Crippen LogP contribution in [0.3, 0.4) is 0 Å². The smallest absolute Gasteiger partial charge is 0.230 e. The molecule has 0 radical (unpaired) electrons. The molecule has 1 aromatic heterocycles. The van der Waals surface area contributed by atoms with Crippen molar-refractivity contribution in [1.82, 2.24) is 19.8 Å². The minimum absolute atomic E-state index is 0.129. The van der Waals surface area contributed by atoms with Gasteiger partial charge in [-0.25, -0.2) is 9.97 Å². The monoisotopic (exact) mass is 314 g/mol. The molecule has 1 spiro atoms. The van der Waals surface area contributed by atoms with Crippen molar-refractivity contribution in [1.29, 1.82) is 0 Å². The summed E-state index contributed by atoms with van der Waals surface area (Å²) in [6.45, 7) is 3.61. The number of likely N-dealkylation sites (tertiary alicyclic amines) is 2. The van der Waals surface area contributed by atoms with Crippen molar-refractivity contribution in [3.05, 3.63) is 24.3 Å². The van der Waals surface area contributed by atoms with Crippen molar-refractivity contribution in [2.75, 3.05) is 19.6 Å². The highest BCUT2D eigenvalue weighted by molar-refractivity contribution is 5.84. The largest absolute Gasteiger partial charge is 0.339 e. The van der Waals surface area contributed by atoms with E-state index in [1.807, 2.05) is 6.07 Å². The van der Waals surface area contributed by atoms with Crippen molar-refractivity contribution < 1.29 is 4.79 Å². The number of piperidine rings is 1. The first-order chi connectivity index (χ1) is 11.3. The summed E-state index contributed by atoms with van der Waals surface area (Å²) in [6.07, 6.45) is 11.8. The van der Waals surface area contributed by atoms with Gasteiger partial charge in [-0.3, -0.25) is 9.69 Å². The van der Waals surface area contributed by atoms with Crippen LogP contribution >= 0.6 is 0 Å². The minimum Gasteiger partial charge on any atom is -0.339 e. The average molecular weight is 314 g/mol. The van der Waals surface area contributed by atoms with E-state index in [9.17, 15) is 4.79 Å². The van der Waals surface area contributed by atoms with E-state index < -0.39 is 0 Å². The molecule has 1 atom stereocenters. The van der Waals surface area contributed by atoms with Crippen molar-refractivity contribution in [3.63, 3.8) is 0 Å². The van der Waals surface area contributed by atoms with E-state index in [0.29, 0.717) is 11.9 Å². The van der Waals surface area contributed by atoms with Crippen LogP contribution in [0, 0.1) is 5.41 Å². The van der Waals surface area contributed by atoms with Crippen LogP contribution in [0.5, 0.6) is 0 Å². The van der Waals surface area contributed by atoms with Gasteiger partial charge in [0.25, 0.3) is 0 Å². The molecule has 0 bridgehead atoms. The summed E-state index contributed by atoms with van der Waals surface area (Å²) in [5.74, 6) is 1.30. The molecule has 1 amide bonds. The highest BCUT2D eigenvalue weighted by Crippen LogP contribution is 2.42. The molecule has 0 N–H and O–H groups in total. The van der Waals surface area contributed by atoms with Gasteiger partial charge < -0.3 is 4.90 Å². The Hall–Kier alpha value is -1.49. The maximum atomic E-state index is 13.2. The first kappa shape index (κ1) is 15.1. The fourth-order valence-corrected chi connectivity index (χ4v) is 4.75. The predicted molar refractivity (Wildman–Crippen MR) is 87.6 cm³/mol. The number of aromatic nitrogens is 2. The second-order valence-corrected chi connectivity index (χ2v) is 7.45. The van der Waals surface area contributed by atoms with Crippen molar-refractivity contribution in [2.24, 2.45) is 5.41 Å². The molecule has 2 aliphatic heterocycles. The average Bonchev–Trinajstić information content (AvgIpc) is 3.22. The van der Waals surface area contributed by atoms with Crippen LogP contribution in [0.2, 0.25) is 0 Å². The first-order valence-corrected chi connectivity index (χ1v) is 9.06. The predicted octanol–water partition coefficient (Wildman–Crippen LogP) is 2.23. The number of nitrogens with zero attached hydrogens (tertiary/aromatic N) is 4. The molecule has 3 aliphatic rings. The maximum Gasteiger partial charge on any atom is 0.230 e. The van der Waals surface area contributed by atoms with E-state index in [-0.39, 0.29) is 5.41 Å². The minimum atomic E-state index is -0.129. The number of hydrogen-bond acceptors (Lipinski definition) is 4. The van der Waals surface area contributed by atoms with Crippen LogP contribution in [0.4, 0.5) is 0 Å². The van der Waals surface area contributed by atoms with E-state index in [2.05, 4.69) is 19.8 Å². The molecule has 124 valence electrons. The normalized spacial score (nSPS) is 29.7. The molecule has 23 heavy (non-hydrogen) atoms. The Balaban J connectivity index is 1.44. The fourth-order valence-electron chi connectivity index (χ4n) is 4.75. The summed E-state index contributed by atoms with van der Waals surface area (Å²) >= 11 is 0. The van der Waals surface area contributed by atoms with E-state index in [4.69, 9.17) is 0 Å². The third-order valence-electron chi connectivity index (χ3n) is 5.95. The summed E-state index contributed by atoms with van der Waals surface area (Å²) in [6, 6.07) is 2.37. The Bertz CT molecular complexity index is 557. The van der Waals surface area contributed by atoms with Gasteiger partial charge in [0.05, 0.1) is 12.0 Å². The molecule has 1 saturated carbocycles. The number of carbonyl (C=O) groups is 1. The van der Waals surface area contributed by atoms with Gasteiger partial charge in [0, 0.05) is 31.5 Å². The standard InChI is InChI=1S/C18H26N4O/c23-17-18(7-3-11-22(17)15-5-1-2-6-15)8-12-21(14-18)13-16-19-9-4-10-20-16/h4,9-10,15H,1-3,5-8,11-14H2/t18-/m0/s1. The lowest BCUT2D eigenvalue weighted by molar-refractivity contribution is -0.148. The van der Waals surface area contributed by atoms with Crippen molar-refractivity contribution in [2.45, 2.75) is 57.5 Å². The lowest BCUT2D eigenvalue weighted by atomic mass is 9.77. The quantitative estimate of drug-likeness (QED) is 0.858. The zero-order chi connectivity index (χ0) is 15.7. The lowest BCUT2D eigenvalue weighted by Gasteiger charge is -2.42. The van der Waals surface area contributed by atoms with Gasteiger partial charge in [-0.2, -0.15) is 0 Å². The summed E-state index contributed by atoms with van der Waals surface area (Å²) in [5, 5.41) is 0. The molecule has 5 nitrogen and oxygen atoms in total. The van der Waals surface area contributed by atoms with Gasteiger partial charge in [0.1, 0.15) is 5.82 Å². The van der Waals surface area contributed by atoms with Gasteiger partial charge in [-0.05, 0) is 44.7 Å². The summed E-state index contributed by atoms with van der Waals surface area (Å²) in [4.78, 5) is 26.5. The van der Waals surface area contributed by atoms with E-state index >= 15 is 0 Å². The summed E-state index contributed by atoms with van der Waals surface area (Å²) in [5.41, 5.74) is -0.129. The zero-order valence-electron chi connectivity index (χ0n) is 13.8. The van der Waals surface area contributed by atoms with Gasteiger partial charge in [-0.15, -0.1) is 0 Å². The molecule has 0 unspecified atom stereocenters. The Kier molecular flexibility index (Phi) is 4.05. The highest BCUT2D eigenvalue weighted by atomic mass is 16.2. The second-order valence-electron chi connectivity index (χ2n) is 7.45. The molecule has 1 aliphatic carbocycles. The molecule has 0 aromatic carbocycles. The molecular formula is C18H26N4O. The molecule has 5 heteroatoms. The molecule has 4 rings (SSSR count). The van der Waals surface area contributed by atoms with Gasteiger partial charge in [-0.1, -0.05) is 12.8 Å². The lowest BCUT2D eigenvalue weighted by Crippen LogP contribution is -2.53. The molecule has 2 saturated heterocycles. The Labute approximate surface area is 138 Å². The fraction of sp³-hybridized carbons (Fsp3) is 0.722. The highest BCUT2D eigenvalue weighted by Gasteiger charge is 2.49. The molecule has 1 aromatic rings. The number of hydrogen-bond donors (Lipinski definition) is 0. The summed E-state index contributed by atoms with van der Waals surface area (Å²) < 4.78 is 0. The Morgan fingerprint density at radius 3 is 2.65 bits per heavy atom. The number of amides is 1. The van der Waals surface area contributed by atoms with Crippen LogP contribution in [-0.4, -0.2) is 51.4 Å². The molecule has 3 fully saturated rings. The second kappa shape index (κ2) is 6.19. The first-order valence-electron chi connectivity index (χ1n) is 9.06. The SMILES string of the molecule is O=C1N(C2CCCC2)CCC[C@@]12CCN(Cc1ncccn1)C2. The van der Waals surface area contributed by atoms with Crippen LogP contribution in [0.1, 0.15) is 50.8 Å². The molecular weight excluding hydrogens is 288 g/mol. The maximum absolute atomic E-state index is 13.2. The van der Waals surface area contributed by atoms with E-state index in [1.165, 1.54) is 25.7 Å². The Morgan fingerprint density at radius 2 is 1.87 bits per heavy atom. The zero-order valence-corrected chi connectivity index (χ0v) is 13.8. The van der Waals surface area contributed by atoms with Crippen LogP contribution in [-0.2, 0) is 11.3 Å². The van der Waals surface area contributed by atoms with Gasteiger partial charge in [0.2, 0.25) is 5.91 Å². The van der Waals surface area contributed by atoms with Gasteiger partial charge >= 0.3 is 0 Å². The number of rotatable bonds is 3. The third kappa shape index (κ3) is 2.87. The van der Waals surface area contributed by atoms with Crippen molar-refractivity contribution >= 4 is 5.91 Å². The Morgan fingerprint density at radius 1 is 1.09 bits per heavy atom.